The van der Waals surface area contributed by atoms with Crippen molar-refractivity contribution in [2.75, 3.05) is 5.32 Å². The van der Waals surface area contributed by atoms with Gasteiger partial charge in [0.25, 0.3) is 0 Å². The molecule has 1 N–H and O–H groups in total. The summed E-state index contributed by atoms with van der Waals surface area (Å²) in [6, 6.07) is 12.4. The number of nitrogens with one attached hydrogen (secondary N) is 1. The first-order chi connectivity index (χ1) is 12.4. The van der Waals surface area contributed by atoms with E-state index >= 15 is 0 Å². The number of furan rings is 1. The minimum absolute atomic E-state index is 0.307. The van der Waals surface area contributed by atoms with E-state index in [1.54, 1.807) is 36.4 Å². The fourth-order valence-electron chi connectivity index (χ4n) is 2.22. The summed E-state index contributed by atoms with van der Waals surface area (Å²) in [5.74, 6) is 1.26. The average Bonchev–Trinajstić information content (AvgIpc) is 3.07. The molecule has 0 fully saturated rings. The third-order valence-electron chi connectivity index (χ3n) is 3.52. The number of pyridine rings is 1. The lowest BCUT2D eigenvalue weighted by Crippen LogP contribution is -2.09. The van der Waals surface area contributed by atoms with Crippen molar-refractivity contribution < 1.29 is 9.21 Å². The fraction of sp³-hybridized carbons (Fsp3) is 0.0526. The molecule has 0 aliphatic rings. The molecule has 0 aliphatic heterocycles. The second-order valence-corrected chi connectivity index (χ2v) is 7.03. The molecule has 4 nitrogen and oxygen atoms in total. The van der Waals surface area contributed by atoms with Gasteiger partial charge in [0.05, 0.1) is 15.7 Å². The van der Waals surface area contributed by atoms with E-state index in [-0.39, 0.29) is 5.91 Å². The Morgan fingerprint density at radius 1 is 1.19 bits per heavy atom. The van der Waals surface area contributed by atoms with Gasteiger partial charge < -0.3 is 9.73 Å². The van der Waals surface area contributed by atoms with E-state index in [9.17, 15) is 4.79 Å². The molecule has 0 spiro atoms. The second-order valence-electron chi connectivity index (χ2n) is 5.39. The molecular weight excluding hydrogens is 439 g/mol. The Hall–Kier alpha value is -2.08. The molecule has 3 aromatic rings. The number of rotatable bonds is 4. The Balaban J connectivity index is 1.71. The van der Waals surface area contributed by atoms with Crippen LogP contribution in [0.25, 0.3) is 17.4 Å². The van der Waals surface area contributed by atoms with Crippen LogP contribution in [-0.2, 0) is 4.79 Å². The summed E-state index contributed by atoms with van der Waals surface area (Å²) in [4.78, 5) is 16.3. The number of nitrogens with zero attached hydrogens (tertiary/aromatic N) is 1. The van der Waals surface area contributed by atoms with Crippen molar-refractivity contribution >= 4 is 56.9 Å². The van der Waals surface area contributed by atoms with Crippen LogP contribution in [0.4, 0.5) is 5.82 Å². The largest absolute Gasteiger partial charge is 0.457 e. The zero-order chi connectivity index (χ0) is 18.7. The van der Waals surface area contributed by atoms with Gasteiger partial charge in [-0.3, -0.25) is 4.79 Å². The summed E-state index contributed by atoms with van der Waals surface area (Å²) in [6.45, 7) is 1.85. The lowest BCUT2D eigenvalue weighted by atomic mass is 10.2. The quantitative estimate of drug-likeness (QED) is 0.468. The van der Waals surface area contributed by atoms with E-state index in [1.807, 2.05) is 19.1 Å². The van der Waals surface area contributed by atoms with Crippen molar-refractivity contribution in [2.45, 2.75) is 6.92 Å². The molecule has 0 atom stereocenters. The van der Waals surface area contributed by atoms with Crippen LogP contribution in [0.3, 0.4) is 0 Å². The Labute approximate surface area is 169 Å². The first kappa shape index (κ1) is 18.7. The molecule has 1 aromatic carbocycles. The lowest BCUT2D eigenvalue weighted by molar-refractivity contribution is -0.111. The van der Waals surface area contributed by atoms with Gasteiger partial charge in [0.1, 0.15) is 17.3 Å². The molecule has 0 saturated heterocycles. The molecular formula is C19H13BrCl2N2O2. The first-order valence-electron chi connectivity index (χ1n) is 7.60. The molecule has 3 rings (SSSR count). The number of anilines is 1. The molecule has 0 unspecified atom stereocenters. The van der Waals surface area contributed by atoms with Crippen LogP contribution in [0.5, 0.6) is 0 Å². The standard InChI is InChI=1S/C19H13BrCl2N2O2/c1-11-14(20)7-9-17(23-11)24-18(25)10-6-12-5-8-16(26-12)13-3-2-4-15(21)19(13)22/h2-10H,1H3,(H,23,24,25)/b10-6+. The van der Waals surface area contributed by atoms with E-state index < -0.39 is 0 Å². The third kappa shape index (κ3) is 4.36. The van der Waals surface area contributed by atoms with Gasteiger partial charge in [-0.25, -0.2) is 4.98 Å². The van der Waals surface area contributed by atoms with Crippen LogP contribution < -0.4 is 5.32 Å². The van der Waals surface area contributed by atoms with Crippen LogP contribution in [0.15, 0.2) is 57.4 Å². The number of carbonyl (C=O) groups is 1. The van der Waals surface area contributed by atoms with Gasteiger partial charge in [0.2, 0.25) is 5.91 Å². The minimum atomic E-state index is -0.307. The van der Waals surface area contributed by atoms with E-state index in [4.69, 9.17) is 27.6 Å². The summed E-state index contributed by atoms with van der Waals surface area (Å²) in [5.41, 5.74) is 1.48. The number of halogens is 3. The fourth-order valence-corrected chi connectivity index (χ4v) is 2.84. The monoisotopic (exact) mass is 450 g/mol. The normalized spacial score (nSPS) is 11.1. The summed E-state index contributed by atoms with van der Waals surface area (Å²) in [6.07, 6.45) is 2.95. The number of benzene rings is 1. The number of hydrogen-bond donors (Lipinski definition) is 1. The van der Waals surface area contributed by atoms with E-state index in [0.29, 0.717) is 32.9 Å². The summed E-state index contributed by atoms with van der Waals surface area (Å²) in [5, 5.41) is 3.57. The highest BCUT2D eigenvalue weighted by molar-refractivity contribution is 9.10. The van der Waals surface area contributed by atoms with Gasteiger partial charge in [-0.15, -0.1) is 0 Å². The molecule has 0 aliphatic carbocycles. The van der Waals surface area contributed by atoms with E-state index in [1.165, 1.54) is 6.08 Å². The molecule has 7 heteroatoms. The number of carbonyl (C=O) groups excluding carboxylic acids is 1. The Morgan fingerprint density at radius 3 is 2.77 bits per heavy atom. The first-order valence-corrected chi connectivity index (χ1v) is 9.15. The maximum absolute atomic E-state index is 12.0. The highest BCUT2D eigenvalue weighted by Gasteiger charge is 2.10. The molecule has 0 saturated carbocycles. The van der Waals surface area contributed by atoms with E-state index in [2.05, 4.69) is 26.2 Å². The molecule has 132 valence electrons. The predicted octanol–water partition coefficient (Wildman–Crippen LogP) is 6.37. The Morgan fingerprint density at radius 2 is 2.00 bits per heavy atom. The maximum atomic E-state index is 12.0. The Kier molecular flexibility index (Phi) is 5.81. The van der Waals surface area contributed by atoms with Crippen LogP contribution in [0.2, 0.25) is 10.0 Å². The van der Waals surface area contributed by atoms with Gasteiger partial charge in [-0.2, -0.15) is 0 Å². The van der Waals surface area contributed by atoms with Crippen molar-refractivity contribution in [3.8, 4) is 11.3 Å². The van der Waals surface area contributed by atoms with Crippen molar-refractivity contribution in [3.63, 3.8) is 0 Å². The highest BCUT2D eigenvalue weighted by atomic mass is 79.9. The lowest BCUT2D eigenvalue weighted by Gasteiger charge is -2.03. The molecule has 0 radical (unpaired) electrons. The Bertz CT molecular complexity index is 999. The van der Waals surface area contributed by atoms with Gasteiger partial charge in [-0.05, 0) is 65.3 Å². The maximum Gasteiger partial charge on any atom is 0.249 e. The van der Waals surface area contributed by atoms with Crippen molar-refractivity contribution in [2.24, 2.45) is 0 Å². The third-order valence-corrected chi connectivity index (χ3v) is 5.17. The van der Waals surface area contributed by atoms with Crippen molar-refractivity contribution in [1.29, 1.82) is 0 Å². The predicted molar refractivity (Wildman–Crippen MR) is 109 cm³/mol. The summed E-state index contributed by atoms with van der Waals surface area (Å²) in [7, 11) is 0. The number of aryl methyl sites for hydroxylation is 1. The van der Waals surface area contributed by atoms with Crippen LogP contribution in [-0.4, -0.2) is 10.9 Å². The number of aromatic nitrogens is 1. The average molecular weight is 452 g/mol. The number of hydrogen-bond acceptors (Lipinski definition) is 3. The van der Waals surface area contributed by atoms with Crippen molar-refractivity contribution in [1.82, 2.24) is 4.98 Å². The minimum Gasteiger partial charge on any atom is -0.457 e. The van der Waals surface area contributed by atoms with Gasteiger partial charge in [0.15, 0.2) is 0 Å². The van der Waals surface area contributed by atoms with Gasteiger partial charge in [0, 0.05) is 16.1 Å². The van der Waals surface area contributed by atoms with Crippen LogP contribution >= 0.6 is 39.1 Å². The molecule has 2 aromatic heterocycles. The molecule has 2 heterocycles. The zero-order valence-corrected chi connectivity index (χ0v) is 16.7. The van der Waals surface area contributed by atoms with Crippen LogP contribution in [0, 0.1) is 6.92 Å². The van der Waals surface area contributed by atoms with E-state index in [0.717, 1.165) is 10.2 Å². The van der Waals surface area contributed by atoms with Gasteiger partial charge in [-0.1, -0.05) is 29.3 Å². The molecule has 1 amide bonds. The van der Waals surface area contributed by atoms with Gasteiger partial charge >= 0.3 is 0 Å². The summed E-state index contributed by atoms with van der Waals surface area (Å²) < 4.78 is 6.59. The topological polar surface area (TPSA) is 55.1 Å². The second kappa shape index (κ2) is 8.08. The molecule has 0 bridgehead atoms. The van der Waals surface area contributed by atoms with Crippen LogP contribution in [0.1, 0.15) is 11.5 Å². The summed E-state index contributed by atoms with van der Waals surface area (Å²) >= 11 is 15.6. The SMILES string of the molecule is Cc1nc(NC(=O)/C=C/c2ccc(-c3cccc(Cl)c3Cl)o2)ccc1Br. The molecule has 26 heavy (non-hydrogen) atoms. The number of amides is 1. The zero-order valence-electron chi connectivity index (χ0n) is 13.6. The smallest absolute Gasteiger partial charge is 0.249 e. The van der Waals surface area contributed by atoms with Crippen molar-refractivity contribution in [3.05, 3.63) is 74.5 Å². The highest BCUT2D eigenvalue weighted by Crippen LogP contribution is 2.34.